The van der Waals surface area contributed by atoms with Crippen LogP contribution in [-0.2, 0) is 6.42 Å². The summed E-state index contributed by atoms with van der Waals surface area (Å²) in [6.45, 7) is 4.47. The fraction of sp³-hybridized carbons (Fsp3) is 0.444. The zero-order valence-corrected chi connectivity index (χ0v) is 9.97. The Morgan fingerprint density at radius 2 is 2.25 bits per heavy atom. The summed E-state index contributed by atoms with van der Waals surface area (Å²) in [7, 11) is 0. The molecule has 0 amide bonds. The van der Waals surface area contributed by atoms with Gasteiger partial charge in [-0.1, -0.05) is 5.16 Å². The quantitative estimate of drug-likeness (QED) is 0.837. The van der Waals surface area contributed by atoms with Gasteiger partial charge in [-0.05, 0) is 25.4 Å². The van der Waals surface area contributed by atoms with Gasteiger partial charge in [-0.2, -0.15) is 9.36 Å². The fourth-order valence-electron chi connectivity index (χ4n) is 1.24. The average Bonchev–Trinajstić information content (AvgIpc) is 2.79. The normalized spacial score (nSPS) is 10.6. The third kappa shape index (κ3) is 2.30. The topological polar surface area (TPSA) is 89.9 Å². The van der Waals surface area contributed by atoms with Crippen molar-refractivity contribution in [3.05, 3.63) is 17.3 Å². The summed E-state index contributed by atoms with van der Waals surface area (Å²) in [4.78, 5) is 4.11. The maximum Gasteiger partial charge on any atom is 0.228 e. The lowest BCUT2D eigenvalue weighted by atomic mass is 10.3. The molecule has 2 rings (SSSR count). The zero-order chi connectivity index (χ0) is 11.5. The number of nitrogens with one attached hydrogen (secondary N) is 1. The summed E-state index contributed by atoms with van der Waals surface area (Å²) in [6.07, 6.45) is 0.693. The van der Waals surface area contributed by atoms with Crippen molar-refractivity contribution in [1.82, 2.24) is 14.5 Å². The minimum atomic E-state index is 0.584. The fourth-order valence-corrected chi connectivity index (χ4v) is 1.97. The van der Waals surface area contributed by atoms with Crippen LogP contribution in [0.3, 0.4) is 0 Å². The van der Waals surface area contributed by atoms with Crippen LogP contribution in [0.1, 0.15) is 17.3 Å². The first kappa shape index (κ1) is 10.9. The van der Waals surface area contributed by atoms with Crippen LogP contribution in [0.5, 0.6) is 0 Å². The highest BCUT2D eigenvalue weighted by Gasteiger charge is 2.07. The number of nitrogens with two attached hydrogens (primary N) is 1. The largest absolute Gasteiger partial charge is 0.383 e. The highest BCUT2D eigenvalue weighted by Crippen LogP contribution is 2.24. The third-order valence-corrected chi connectivity index (χ3v) is 3.08. The molecule has 0 saturated carbocycles. The molecule has 0 aliphatic rings. The lowest BCUT2D eigenvalue weighted by Crippen LogP contribution is -2.04. The van der Waals surface area contributed by atoms with Crippen LogP contribution in [-0.4, -0.2) is 21.1 Å². The van der Waals surface area contributed by atoms with E-state index in [2.05, 4.69) is 19.8 Å². The molecule has 86 valence electrons. The Morgan fingerprint density at radius 1 is 1.44 bits per heavy atom. The number of nitrogens with zero attached hydrogens (tertiary/aromatic N) is 3. The van der Waals surface area contributed by atoms with Crippen molar-refractivity contribution in [1.29, 1.82) is 0 Å². The molecule has 0 atom stereocenters. The Morgan fingerprint density at radius 3 is 2.81 bits per heavy atom. The second-order valence-electron chi connectivity index (χ2n) is 3.43. The molecule has 6 nitrogen and oxygen atoms in total. The molecule has 0 saturated heterocycles. The minimum Gasteiger partial charge on any atom is -0.383 e. The van der Waals surface area contributed by atoms with Crippen LogP contribution in [0.4, 0.5) is 10.8 Å². The SMILES string of the molecule is Cc1noc(CCNc2snc(N)c2C)n1. The van der Waals surface area contributed by atoms with E-state index in [-0.39, 0.29) is 0 Å². The number of hydrogen-bond acceptors (Lipinski definition) is 7. The maximum atomic E-state index is 5.65. The van der Waals surface area contributed by atoms with Gasteiger partial charge in [0.25, 0.3) is 0 Å². The van der Waals surface area contributed by atoms with E-state index < -0.39 is 0 Å². The van der Waals surface area contributed by atoms with E-state index in [1.807, 2.05) is 6.92 Å². The van der Waals surface area contributed by atoms with Crippen molar-refractivity contribution in [3.8, 4) is 0 Å². The van der Waals surface area contributed by atoms with Crippen molar-refractivity contribution in [2.24, 2.45) is 0 Å². The third-order valence-electron chi connectivity index (χ3n) is 2.15. The van der Waals surface area contributed by atoms with E-state index in [0.29, 0.717) is 24.0 Å². The van der Waals surface area contributed by atoms with Crippen LogP contribution in [0, 0.1) is 13.8 Å². The molecule has 0 aromatic carbocycles. The van der Waals surface area contributed by atoms with Crippen molar-refractivity contribution in [2.45, 2.75) is 20.3 Å². The van der Waals surface area contributed by atoms with Crippen molar-refractivity contribution >= 4 is 22.4 Å². The molecule has 0 aliphatic heterocycles. The van der Waals surface area contributed by atoms with Gasteiger partial charge in [0, 0.05) is 18.5 Å². The molecular formula is C9H13N5OS. The minimum absolute atomic E-state index is 0.584. The highest BCUT2D eigenvalue weighted by molar-refractivity contribution is 7.10. The van der Waals surface area contributed by atoms with Gasteiger partial charge in [0.05, 0.1) is 0 Å². The molecule has 16 heavy (non-hydrogen) atoms. The Hall–Kier alpha value is -1.63. The summed E-state index contributed by atoms with van der Waals surface area (Å²) >= 11 is 1.36. The molecule has 0 aliphatic carbocycles. The molecule has 0 spiro atoms. The molecule has 0 unspecified atom stereocenters. The monoisotopic (exact) mass is 239 g/mol. The van der Waals surface area contributed by atoms with E-state index in [0.717, 1.165) is 17.1 Å². The van der Waals surface area contributed by atoms with E-state index in [9.17, 15) is 0 Å². The van der Waals surface area contributed by atoms with Crippen LogP contribution >= 0.6 is 11.5 Å². The lowest BCUT2D eigenvalue weighted by molar-refractivity contribution is 0.377. The van der Waals surface area contributed by atoms with Crippen molar-refractivity contribution < 1.29 is 4.52 Å². The molecule has 2 aromatic rings. The van der Waals surface area contributed by atoms with Gasteiger partial charge >= 0.3 is 0 Å². The molecule has 3 N–H and O–H groups in total. The van der Waals surface area contributed by atoms with Gasteiger partial charge in [0.15, 0.2) is 5.82 Å². The van der Waals surface area contributed by atoms with Gasteiger partial charge in [0.1, 0.15) is 10.8 Å². The molecule has 2 heterocycles. The predicted molar refractivity (Wildman–Crippen MR) is 62.5 cm³/mol. The van der Waals surface area contributed by atoms with Gasteiger partial charge in [-0.3, -0.25) is 0 Å². The average molecular weight is 239 g/mol. The maximum absolute atomic E-state index is 5.65. The van der Waals surface area contributed by atoms with E-state index in [4.69, 9.17) is 10.3 Å². The van der Waals surface area contributed by atoms with Gasteiger partial charge in [-0.25, -0.2) is 0 Å². The summed E-state index contributed by atoms with van der Waals surface area (Å²) in [5.74, 6) is 1.88. The smallest absolute Gasteiger partial charge is 0.228 e. The number of rotatable bonds is 4. The highest BCUT2D eigenvalue weighted by atomic mass is 32.1. The number of anilines is 2. The van der Waals surface area contributed by atoms with Gasteiger partial charge in [-0.15, -0.1) is 0 Å². The first-order valence-corrected chi connectivity index (χ1v) is 5.69. The predicted octanol–water partition coefficient (Wildman–Crippen LogP) is 1.38. The number of aryl methyl sites for hydroxylation is 1. The number of aromatic nitrogens is 3. The molecule has 0 fully saturated rings. The molecular weight excluding hydrogens is 226 g/mol. The van der Waals surface area contributed by atoms with Crippen LogP contribution in [0.25, 0.3) is 0 Å². The Kier molecular flexibility index (Phi) is 3.04. The first-order valence-electron chi connectivity index (χ1n) is 4.91. The van der Waals surface area contributed by atoms with Gasteiger partial charge in [0.2, 0.25) is 5.89 Å². The molecule has 0 bridgehead atoms. The van der Waals surface area contributed by atoms with E-state index in [1.54, 1.807) is 6.92 Å². The molecule has 7 heteroatoms. The van der Waals surface area contributed by atoms with Crippen LogP contribution in [0.2, 0.25) is 0 Å². The van der Waals surface area contributed by atoms with Crippen molar-refractivity contribution in [3.63, 3.8) is 0 Å². The van der Waals surface area contributed by atoms with Crippen LogP contribution in [0.15, 0.2) is 4.52 Å². The van der Waals surface area contributed by atoms with Crippen molar-refractivity contribution in [2.75, 3.05) is 17.6 Å². The number of hydrogen-bond donors (Lipinski definition) is 2. The Balaban J connectivity index is 1.86. The second-order valence-corrected chi connectivity index (χ2v) is 4.21. The van der Waals surface area contributed by atoms with Gasteiger partial charge < -0.3 is 15.6 Å². The van der Waals surface area contributed by atoms with E-state index >= 15 is 0 Å². The molecule has 0 radical (unpaired) electrons. The van der Waals surface area contributed by atoms with Crippen LogP contribution < -0.4 is 11.1 Å². The summed E-state index contributed by atoms with van der Waals surface area (Å²) in [6, 6.07) is 0. The lowest BCUT2D eigenvalue weighted by Gasteiger charge is -2.01. The standard InChI is InChI=1S/C9H13N5OS/c1-5-8(10)14-16-9(5)11-4-3-7-12-6(2)13-15-7/h11H,3-4H2,1-2H3,(H2,10,14). The zero-order valence-electron chi connectivity index (χ0n) is 9.15. The summed E-state index contributed by atoms with van der Waals surface area (Å²) in [5.41, 5.74) is 6.64. The number of nitrogen functional groups attached to an aromatic ring is 1. The first-order chi connectivity index (χ1) is 7.66. The van der Waals surface area contributed by atoms with E-state index in [1.165, 1.54) is 11.5 Å². The Labute approximate surface area is 97.0 Å². The summed E-state index contributed by atoms with van der Waals surface area (Å²) < 4.78 is 9.05. The Bertz CT molecular complexity index is 478. The molecule has 2 aromatic heterocycles. The second kappa shape index (κ2) is 4.48. The summed E-state index contributed by atoms with van der Waals surface area (Å²) in [5, 5.41) is 7.95.